The van der Waals surface area contributed by atoms with Gasteiger partial charge in [0.05, 0.1) is 5.41 Å². The lowest BCUT2D eigenvalue weighted by atomic mass is 9.93. The highest BCUT2D eigenvalue weighted by molar-refractivity contribution is 6.02. The lowest BCUT2D eigenvalue weighted by Gasteiger charge is -2.20. The third-order valence-corrected chi connectivity index (χ3v) is 7.92. The first-order valence-electron chi connectivity index (χ1n) is 13.3. The summed E-state index contributed by atoms with van der Waals surface area (Å²) < 4.78 is 11.0. The van der Waals surface area contributed by atoms with Crippen molar-refractivity contribution in [1.29, 1.82) is 0 Å². The first-order chi connectivity index (χ1) is 18.4. The molecule has 196 valence electrons. The molecule has 2 amide bonds. The lowest BCUT2D eigenvalue weighted by molar-refractivity contribution is -0.118. The molecule has 38 heavy (non-hydrogen) atoms. The van der Waals surface area contributed by atoms with Gasteiger partial charge in [-0.3, -0.25) is 14.5 Å². The Hall–Kier alpha value is -3.84. The molecular formula is C31H33N3O4. The van der Waals surface area contributed by atoms with Gasteiger partial charge in [-0.15, -0.1) is 0 Å². The van der Waals surface area contributed by atoms with Crippen molar-refractivity contribution >= 4 is 17.5 Å². The fourth-order valence-corrected chi connectivity index (χ4v) is 5.51. The Kier molecular flexibility index (Phi) is 6.32. The van der Waals surface area contributed by atoms with E-state index in [0.717, 1.165) is 60.6 Å². The number of fused-ring (bicyclic) bond motifs is 1. The van der Waals surface area contributed by atoms with Crippen LogP contribution in [0.3, 0.4) is 0 Å². The third-order valence-electron chi connectivity index (χ3n) is 7.92. The minimum atomic E-state index is -0.538. The number of hydrogen-bond acceptors (Lipinski definition) is 5. The van der Waals surface area contributed by atoms with Crippen molar-refractivity contribution in [3.63, 3.8) is 0 Å². The Morgan fingerprint density at radius 1 is 0.921 bits per heavy atom. The SMILES string of the molecule is CN(C)C(=O)c1ccc(-c2cc(NC(=O)C3(c4ccc5c(c4)OCO5)CC3)ccc2CN2CCCC2)cc1. The first kappa shape index (κ1) is 24.5. The molecule has 1 saturated carbocycles. The molecule has 6 rings (SSSR count). The van der Waals surface area contributed by atoms with Crippen molar-refractivity contribution < 1.29 is 19.1 Å². The second kappa shape index (κ2) is 9.80. The van der Waals surface area contributed by atoms with Crippen LogP contribution in [0.25, 0.3) is 11.1 Å². The van der Waals surface area contributed by atoms with Gasteiger partial charge >= 0.3 is 0 Å². The summed E-state index contributed by atoms with van der Waals surface area (Å²) in [6.45, 7) is 3.29. The zero-order chi connectivity index (χ0) is 26.3. The van der Waals surface area contributed by atoms with E-state index in [1.54, 1.807) is 19.0 Å². The average molecular weight is 512 g/mol. The molecule has 1 N–H and O–H groups in total. The molecular weight excluding hydrogens is 478 g/mol. The van der Waals surface area contributed by atoms with Crippen molar-refractivity contribution in [1.82, 2.24) is 9.80 Å². The maximum atomic E-state index is 13.6. The quantitative estimate of drug-likeness (QED) is 0.481. The second-order valence-corrected chi connectivity index (χ2v) is 10.7. The van der Waals surface area contributed by atoms with Gasteiger partial charge in [0.15, 0.2) is 11.5 Å². The predicted molar refractivity (Wildman–Crippen MR) is 147 cm³/mol. The van der Waals surface area contributed by atoms with Crippen LogP contribution in [-0.4, -0.2) is 55.6 Å². The topological polar surface area (TPSA) is 71.1 Å². The molecule has 0 radical (unpaired) electrons. The van der Waals surface area contributed by atoms with Gasteiger partial charge in [0, 0.05) is 31.9 Å². The summed E-state index contributed by atoms with van der Waals surface area (Å²) in [5, 5.41) is 3.20. The van der Waals surface area contributed by atoms with Crippen LogP contribution in [0.15, 0.2) is 60.7 Å². The highest BCUT2D eigenvalue weighted by atomic mass is 16.7. The minimum Gasteiger partial charge on any atom is -0.454 e. The summed E-state index contributed by atoms with van der Waals surface area (Å²) in [6.07, 6.45) is 4.07. The zero-order valence-electron chi connectivity index (χ0n) is 22.0. The number of rotatable bonds is 7. The van der Waals surface area contributed by atoms with Gasteiger partial charge in [-0.05, 0) is 97.4 Å². The summed E-state index contributed by atoms with van der Waals surface area (Å²) in [6, 6.07) is 19.8. The Morgan fingerprint density at radius 3 is 2.37 bits per heavy atom. The summed E-state index contributed by atoms with van der Waals surface area (Å²) in [7, 11) is 3.51. The van der Waals surface area contributed by atoms with Crippen LogP contribution in [0.4, 0.5) is 5.69 Å². The summed E-state index contributed by atoms with van der Waals surface area (Å²) in [5.74, 6) is 1.41. The van der Waals surface area contributed by atoms with E-state index in [1.165, 1.54) is 18.4 Å². The molecule has 3 aromatic carbocycles. The van der Waals surface area contributed by atoms with Crippen LogP contribution in [0, 0.1) is 0 Å². The number of anilines is 1. The highest BCUT2D eigenvalue weighted by Crippen LogP contribution is 2.51. The normalized spacial score (nSPS) is 17.3. The van der Waals surface area contributed by atoms with Gasteiger partial charge in [-0.25, -0.2) is 0 Å². The number of carbonyl (C=O) groups is 2. The molecule has 2 fully saturated rings. The van der Waals surface area contributed by atoms with E-state index in [1.807, 2.05) is 48.5 Å². The van der Waals surface area contributed by atoms with E-state index < -0.39 is 5.41 Å². The lowest BCUT2D eigenvalue weighted by Crippen LogP contribution is -2.27. The number of carbonyl (C=O) groups excluding carboxylic acids is 2. The molecule has 7 heteroatoms. The number of hydrogen-bond donors (Lipinski definition) is 1. The fourth-order valence-electron chi connectivity index (χ4n) is 5.51. The highest BCUT2D eigenvalue weighted by Gasteiger charge is 2.51. The van der Waals surface area contributed by atoms with E-state index >= 15 is 0 Å². The number of benzene rings is 3. The molecule has 0 spiro atoms. The minimum absolute atomic E-state index is 0.00142. The maximum absolute atomic E-state index is 13.6. The first-order valence-corrected chi connectivity index (χ1v) is 13.3. The van der Waals surface area contributed by atoms with E-state index in [0.29, 0.717) is 11.3 Å². The Bertz CT molecular complexity index is 1370. The molecule has 7 nitrogen and oxygen atoms in total. The van der Waals surface area contributed by atoms with Gasteiger partial charge in [0.2, 0.25) is 12.7 Å². The Balaban J connectivity index is 1.28. The van der Waals surface area contributed by atoms with Crippen LogP contribution in [0.2, 0.25) is 0 Å². The molecule has 0 atom stereocenters. The Labute approximate surface area is 223 Å². The van der Waals surface area contributed by atoms with Gasteiger partial charge in [0.25, 0.3) is 5.91 Å². The van der Waals surface area contributed by atoms with Crippen LogP contribution in [-0.2, 0) is 16.8 Å². The maximum Gasteiger partial charge on any atom is 0.253 e. The van der Waals surface area contributed by atoms with E-state index in [9.17, 15) is 9.59 Å². The number of likely N-dealkylation sites (tertiary alicyclic amines) is 1. The molecule has 3 aromatic rings. The van der Waals surface area contributed by atoms with E-state index in [4.69, 9.17) is 9.47 Å². The van der Waals surface area contributed by atoms with Gasteiger partial charge in [0.1, 0.15) is 0 Å². The van der Waals surface area contributed by atoms with Crippen LogP contribution in [0.5, 0.6) is 11.5 Å². The molecule has 1 saturated heterocycles. The number of ether oxygens (including phenoxy) is 2. The fraction of sp³-hybridized carbons (Fsp3) is 0.355. The Morgan fingerprint density at radius 2 is 1.66 bits per heavy atom. The van der Waals surface area contributed by atoms with E-state index in [-0.39, 0.29) is 18.6 Å². The van der Waals surface area contributed by atoms with Crippen molar-refractivity contribution in [2.24, 2.45) is 0 Å². The molecule has 2 heterocycles. The summed E-state index contributed by atoms with van der Waals surface area (Å²) in [4.78, 5) is 30.0. The molecule has 0 bridgehead atoms. The summed E-state index contributed by atoms with van der Waals surface area (Å²) in [5.41, 5.74) is 5.18. The van der Waals surface area contributed by atoms with Gasteiger partial charge in [-0.2, -0.15) is 0 Å². The summed E-state index contributed by atoms with van der Waals surface area (Å²) >= 11 is 0. The van der Waals surface area contributed by atoms with Crippen molar-refractivity contribution in [2.75, 3.05) is 39.3 Å². The van der Waals surface area contributed by atoms with Crippen LogP contribution in [0.1, 0.15) is 47.2 Å². The van der Waals surface area contributed by atoms with Crippen molar-refractivity contribution in [2.45, 2.75) is 37.6 Å². The van der Waals surface area contributed by atoms with Crippen molar-refractivity contribution in [3.8, 4) is 22.6 Å². The van der Waals surface area contributed by atoms with E-state index in [2.05, 4.69) is 22.3 Å². The smallest absolute Gasteiger partial charge is 0.253 e. The predicted octanol–water partition coefficient (Wildman–Crippen LogP) is 5.05. The number of amides is 2. The number of nitrogens with one attached hydrogen (secondary N) is 1. The zero-order valence-corrected chi connectivity index (χ0v) is 22.0. The van der Waals surface area contributed by atoms with Crippen LogP contribution < -0.4 is 14.8 Å². The van der Waals surface area contributed by atoms with Crippen molar-refractivity contribution in [3.05, 3.63) is 77.4 Å². The number of nitrogens with zero attached hydrogens (tertiary/aromatic N) is 2. The van der Waals surface area contributed by atoms with Crippen LogP contribution >= 0.6 is 0 Å². The largest absolute Gasteiger partial charge is 0.454 e. The van der Waals surface area contributed by atoms with Gasteiger partial charge < -0.3 is 19.7 Å². The average Bonchev–Trinajstić information content (AvgIpc) is 3.33. The molecule has 1 aliphatic carbocycles. The molecule has 2 aliphatic heterocycles. The third kappa shape index (κ3) is 4.63. The van der Waals surface area contributed by atoms with Gasteiger partial charge in [-0.1, -0.05) is 24.3 Å². The second-order valence-electron chi connectivity index (χ2n) is 10.7. The standard InChI is InChI=1S/C31H33N3O4/c1-33(2)29(35)22-7-5-21(6-8-22)26-18-25(11-9-23(26)19-34-15-3-4-16-34)32-30(36)31(13-14-31)24-10-12-27-28(17-24)38-20-37-27/h5-12,17-18H,3-4,13-16,19-20H2,1-2H3,(H,32,36). The monoisotopic (exact) mass is 511 g/mol. The molecule has 3 aliphatic rings. The molecule has 0 unspecified atom stereocenters. The molecule has 0 aromatic heterocycles.